The number of hydrogen-bond donors (Lipinski definition) is 1. The van der Waals surface area contributed by atoms with Crippen molar-refractivity contribution in [1.82, 2.24) is 10.2 Å². The second-order valence-electron chi connectivity index (χ2n) is 10.4. The molecule has 0 aliphatic rings. The fourth-order valence-corrected chi connectivity index (χ4v) is 6.57. The molecule has 4 aromatic rings. The second-order valence-corrected chi connectivity index (χ2v) is 12.7. The largest absolute Gasteiger partial charge is 0.492 e. The fraction of sp³-hybridized carbons (Fsp3) is 0.257. The number of ether oxygens (including phenoxy) is 1. The molecule has 0 saturated carbocycles. The van der Waals surface area contributed by atoms with Gasteiger partial charge in [-0.25, -0.2) is 8.42 Å². The molecular weight excluding hydrogens is 610 g/mol. The molecule has 1 N–H and O–H groups in total. The topological polar surface area (TPSA) is 96.0 Å². The van der Waals surface area contributed by atoms with Gasteiger partial charge in [-0.15, -0.1) is 0 Å². The van der Waals surface area contributed by atoms with E-state index < -0.39 is 28.5 Å². The zero-order chi connectivity index (χ0) is 32.4. The van der Waals surface area contributed by atoms with Crippen molar-refractivity contribution in [3.8, 4) is 5.75 Å². The first kappa shape index (κ1) is 33.6. The van der Waals surface area contributed by atoms with Crippen LogP contribution in [0.2, 0.25) is 5.02 Å². The summed E-state index contributed by atoms with van der Waals surface area (Å²) in [6, 6.07) is 28.6. The third-order valence-electron chi connectivity index (χ3n) is 7.24. The van der Waals surface area contributed by atoms with Gasteiger partial charge < -0.3 is 15.0 Å². The first-order chi connectivity index (χ1) is 21.6. The second kappa shape index (κ2) is 15.6. The molecule has 10 heteroatoms. The molecule has 0 spiro atoms. The predicted octanol–water partition coefficient (Wildman–Crippen LogP) is 6.02. The maximum absolute atomic E-state index is 14.5. The highest BCUT2D eigenvalue weighted by Crippen LogP contribution is 2.33. The van der Waals surface area contributed by atoms with Gasteiger partial charge in [0.1, 0.15) is 18.3 Å². The fourth-order valence-electron chi connectivity index (χ4n) is 4.95. The van der Waals surface area contributed by atoms with Crippen molar-refractivity contribution in [3.63, 3.8) is 0 Å². The van der Waals surface area contributed by atoms with E-state index in [0.29, 0.717) is 29.5 Å². The number of sulfonamides is 1. The summed E-state index contributed by atoms with van der Waals surface area (Å²) in [4.78, 5) is 29.6. The van der Waals surface area contributed by atoms with Crippen molar-refractivity contribution < 1.29 is 22.7 Å². The van der Waals surface area contributed by atoms with Crippen LogP contribution in [-0.2, 0) is 32.6 Å². The Kier molecular flexibility index (Phi) is 11.6. The highest BCUT2D eigenvalue weighted by Gasteiger charge is 2.35. The number of rotatable bonds is 14. The van der Waals surface area contributed by atoms with E-state index in [2.05, 4.69) is 5.32 Å². The number of halogens is 1. The van der Waals surface area contributed by atoms with Crippen LogP contribution in [0.5, 0.6) is 5.75 Å². The number of amides is 2. The lowest BCUT2D eigenvalue weighted by molar-refractivity contribution is -0.140. The van der Waals surface area contributed by atoms with Crippen LogP contribution >= 0.6 is 11.6 Å². The number of likely N-dealkylation sites (N-methyl/N-ethyl adjacent to an activating group) is 1. The predicted molar refractivity (Wildman–Crippen MR) is 178 cm³/mol. The Morgan fingerprint density at radius 3 is 2.18 bits per heavy atom. The van der Waals surface area contributed by atoms with E-state index in [1.165, 1.54) is 17.0 Å². The number of anilines is 1. The van der Waals surface area contributed by atoms with Gasteiger partial charge in [0, 0.05) is 24.5 Å². The van der Waals surface area contributed by atoms with Crippen LogP contribution in [0, 0.1) is 6.92 Å². The number of aryl methyl sites for hydroxylation is 1. The van der Waals surface area contributed by atoms with Crippen LogP contribution in [0.3, 0.4) is 0 Å². The summed E-state index contributed by atoms with van der Waals surface area (Å²) in [7, 11) is -4.26. The highest BCUT2D eigenvalue weighted by atomic mass is 35.5. The van der Waals surface area contributed by atoms with Gasteiger partial charge in [-0.2, -0.15) is 0 Å². The Hall–Kier alpha value is -4.34. The van der Waals surface area contributed by atoms with Crippen molar-refractivity contribution in [3.05, 3.63) is 125 Å². The van der Waals surface area contributed by atoms with Gasteiger partial charge in [0.05, 0.1) is 17.2 Å². The molecule has 0 unspecified atom stereocenters. The lowest BCUT2D eigenvalue weighted by Crippen LogP contribution is -2.53. The molecule has 4 rings (SSSR count). The van der Waals surface area contributed by atoms with Gasteiger partial charge >= 0.3 is 0 Å². The smallest absolute Gasteiger partial charge is 0.264 e. The molecule has 2 amide bonds. The van der Waals surface area contributed by atoms with E-state index in [-0.39, 0.29) is 29.5 Å². The third kappa shape index (κ3) is 8.44. The maximum atomic E-state index is 14.5. The van der Waals surface area contributed by atoms with Gasteiger partial charge in [-0.1, -0.05) is 90.0 Å². The number of hydrogen-bond acceptors (Lipinski definition) is 5. The number of nitrogens with zero attached hydrogens (tertiary/aromatic N) is 2. The number of para-hydroxylation sites is 2. The zero-order valence-corrected chi connectivity index (χ0v) is 27.2. The van der Waals surface area contributed by atoms with Crippen molar-refractivity contribution in [2.24, 2.45) is 0 Å². The van der Waals surface area contributed by atoms with Gasteiger partial charge in [0.15, 0.2) is 0 Å². The molecule has 1 atom stereocenters. The average molecular weight is 648 g/mol. The van der Waals surface area contributed by atoms with E-state index in [1.807, 2.05) is 37.3 Å². The van der Waals surface area contributed by atoms with Crippen LogP contribution in [0.25, 0.3) is 0 Å². The minimum atomic E-state index is -4.26. The van der Waals surface area contributed by atoms with Crippen molar-refractivity contribution in [2.75, 3.05) is 24.0 Å². The maximum Gasteiger partial charge on any atom is 0.264 e. The van der Waals surface area contributed by atoms with Crippen LogP contribution in [-0.4, -0.2) is 50.9 Å². The summed E-state index contributed by atoms with van der Waals surface area (Å²) in [6.07, 6.45) is 0.211. The number of nitrogens with one attached hydrogen (secondary N) is 1. The Bertz CT molecular complexity index is 1700. The van der Waals surface area contributed by atoms with Crippen molar-refractivity contribution >= 4 is 39.1 Å². The molecule has 4 aromatic carbocycles. The van der Waals surface area contributed by atoms with E-state index in [4.69, 9.17) is 16.3 Å². The Labute approximate surface area is 270 Å². The number of carbonyl (C=O) groups excluding carboxylic acids is 2. The first-order valence-electron chi connectivity index (χ1n) is 14.8. The van der Waals surface area contributed by atoms with Crippen LogP contribution in [0.15, 0.2) is 108 Å². The normalized spacial score (nSPS) is 11.8. The molecular formula is C35H38ClN3O5S. The van der Waals surface area contributed by atoms with Gasteiger partial charge in [0.25, 0.3) is 10.0 Å². The molecule has 0 fully saturated rings. The van der Waals surface area contributed by atoms with Crippen molar-refractivity contribution in [1.29, 1.82) is 0 Å². The van der Waals surface area contributed by atoms with Gasteiger partial charge in [-0.05, 0) is 62.2 Å². The van der Waals surface area contributed by atoms with E-state index in [0.717, 1.165) is 15.4 Å². The molecule has 8 nitrogen and oxygen atoms in total. The molecule has 236 valence electrons. The Morgan fingerprint density at radius 2 is 1.51 bits per heavy atom. The highest BCUT2D eigenvalue weighted by molar-refractivity contribution is 7.92. The number of carbonyl (C=O) groups is 2. The van der Waals surface area contributed by atoms with E-state index in [9.17, 15) is 18.0 Å². The first-order valence-corrected chi connectivity index (χ1v) is 16.6. The summed E-state index contributed by atoms with van der Waals surface area (Å²) in [6.45, 7) is 5.51. The van der Waals surface area contributed by atoms with Crippen LogP contribution in [0.1, 0.15) is 30.5 Å². The quantitative estimate of drug-likeness (QED) is 0.181. The van der Waals surface area contributed by atoms with Crippen LogP contribution in [0.4, 0.5) is 5.69 Å². The standard InChI is InChI=1S/C35H38ClN3O5S/c1-4-37-35(41)32(23-27-13-7-6-8-14-27)38(24-28-15-9-10-16-30(28)36)34(40)25-39(31-17-11-12-18-33(31)44-5-2)45(42,43)29-21-19-26(3)20-22-29/h6-22,32H,4-5,23-25H2,1-3H3,(H,37,41)/t32-/m1/s1. The summed E-state index contributed by atoms with van der Waals surface area (Å²) < 4.78 is 35.4. The SMILES string of the molecule is CCNC(=O)[C@@H](Cc1ccccc1)N(Cc1ccccc1Cl)C(=O)CN(c1ccccc1OCC)S(=O)(=O)c1ccc(C)cc1. The average Bonchev–Trinajstić information content (AvgIpc) is 3.03. The molecule has 0 aromatic heterocycles. The summed E-state index contributed by atoms with van der Waals surface area (Å²) in [5.41, 5.74) is 2.57. The monoisotopic (exact) mass is 647 g/mol. The lowest BCUT2D eigenvalue weighted by atomic mass is 10.0. The minimum Gasteiger partial charge on any atom is -0.492 e. The summed E-state index contributed by atoms with van der Waals surface area (Å²) >= 11 is 6.54. The van der Waals surface area contributed by atoms with Gasteiger partial charge in [0.2, 0.25) is 11.8 Å². The third-order valence-corrected chi connectivity index (χ3v) is 9.38. The molecule has 45 heavy (non-hydrogen) atoms. The van der Waals surface area contributed by atoms with Crippen LogP contribution < -0.4 is 14.4 Å². The molecule has 0 aliphatic heterocycles. The molecule has 0 heterocycles. The van der Waals surface area contributed by atoms with E-state index in [1.54, 1.807) is 74.5 Å². The number of benzene rings is 4. The summed E-state index contributed by atoms with van der Waals surface area (Å²) in [5, 5.41) is 3.28. The molecule has 0 radical (unpaired) electrons. The summed E-state index contributed by atoms with van der Waals surface area (Å²) in [5.74, 6) is -0.626. The zero-order valence-electron chi connectivity index (χ0n) is 25.6. The minimum absolute atomic E-state index is 0.0152. The lowest BCUT2D eigenvalue weighted by Gasteiger charge is -2.34. The van der Waals surface area contributed by atoms with Gasteiger partial charge in [-0.3, -0.25) is 13.9 Å². The molecule has 0 bridgehead atoms. The Morgan fingerprint density at radius 1 is 0.867 bits per heavy atom. The molecule has 0 saturated heterocycles. The van der Waals surface area contributed by atoms with Crippen molar-refractivity contribution in [2.45, 2.75) is 44.7 Å². The Balaban J connectivity index is 1.84. The molecule has 0 aliphatic carbocycles. The van der Waals surface area contributed by atoms with E-state index >= 15 is 0 Å².